The Morgan fingerprint density at radius 3 is 2.00 bits per heavy atom. The molecule has 1 aliphatic rings. The Kier molecular flexibility index (Phi) is 4.26. The van der Waals surface area contributed by atoms with Crippen LogP contribution in [-0.2, 0) is 6.54 Å². The van der Waals surface area contributed by atoms with E-state index in [1.807, 2.05) is 0 Å². The Hall–Kier alpha value is -1.73. The fraction of sp³-hybridized carbons (Fsp3) is 0.368. The van der Waals surface area contributed by atoms with Gasteiger partial charge in [0.25, 0.3) is 0 Å². The molecule has 2 aromatic rings. The van der Waals surface area contributed by atoms with Gasteiger partial charge in [0.15, 0.2) is 0 Å². The Bertz CT molecular complexity index is 761. The molecule has 3 nitrogen and oxygen atoms in total. The van der Waals surface area contributed by atoms with Gasteiger partial charge in [0, 0.05) is 17.8 Å². The van der Waals surface area contributed by atoms with E-state index in [1.165, 1.54) is 22.4 Å². The smallest absolute Gasteiger partial charge is 0.242 e. The van der Waals surface area contributed by atoms with E-state index in [0.29, 0.717) is 0 Å². The highest BCUT2D eigenvalue weighted by atomic mass is 28.4. The summed E-state index contributed by atoms with van der Waals surface area (Å²) in [7, 11) is -3.43. The lowest BCUT2D eigenvalue weighted by molar-refractivity contribution is 0.488. The molecule has 0 radical (unpaired) electrons. The summed E-state index contributed by atoms with van der Waals surface area (Å²) in [5.41, 5.74) is 4.94. The number of hydrogen-bond donors (Lipinski definition) is 1. The first-order valence-corrected chi connectivity index (χ1v) is 15.3. The molecule has 0 atom stereocenters. The topological polar surface area (TPSA) is 30.5 Å². The van der Waals surface area contributed by atoms with Crippen molar-refractivity contribution in [1.82, 2.24) is 0 Å². The van der Waals surface area contributed by atoms with Gasteiger partial charge >= 0.3 is 0 Å². The van der Waals surface area contributed by atoms with Crippen molar-refractivity contribution in [3.05, 3.63) is 42.0 Å². The first-order valence-electron chi connectivity index (χ1n) is 8.51. The highest BCUT2D eigenvalue weighted by Gasteiger charge is 2.26. The van der Waals surface area contributed by atoms with E-state index in [0.717, 1.165) is 18.0 Å². The maximum Gasteiger partial charge on any atom is 0.242 e. The molecule has 1 N–H and O–H groups in total. The van der Waals surface area contributed by atoms with Gasteiger partial charge in [-0.25, -0.2) is 0 Å². The SMILES string of the molecule is C[Si](C)(C)Oc1cc2c(cc1O[Si](C)(C)C)-c1ccccc1NC2. The van der Waals surface area contributed by atoms with Crippen LogP contribution in [0.5, 0.6) is 11.5 Å². The van der Waals surface area contributed by atoms with Crippen LogP contribution in [0.1, 0.15) is 5.56 Å². The summed E-state index contributed by atoms with van der Waals surface area (Å²) < 4.78 is 12.7. The maximum absolute atomic E-state index is 6.38. The number of para-hydroxylation sites is 1. The fourth-order valence-electron chi connectivity index (χ4n) is 2.88. The molecule has 1 heterocycles. The second-order valence-electron chi connectivity index (χ2n) is 8.28. The van der Waals surface area contributed by atoms with Crippen molar-refractivity contribution in [3.63, 3.8) is 0 Å². The van der Waals surface area contributed by atoms with Gasteiger partial charge in [-0.3, -0.25) is 0 Å². The van der Waals surface area contributed by atoms with E-state index in [-0.39, 0.29) is 0 Å². The van der Waals surface area contributed by atoms with E-state index in [2.05, 4.69) is 81.0 Å². The number of anilines is 1. The first-order chi connectivity index (χ1) is 11.1. The second-order valence-corrected chi connectivity index (χ2v) is 17.1. The first kappa shape index (κ1) is 17.1. The molecule has 5 heteroatoms. The summed E-state index contributed by atoms with van der Waals surface area (Å²) in [5.74, 6) is 1.79. The standard InChI is InChI=1S/C19H27NO2Si2/c1-23(2,3)21-18-11-14-13-20-17-10-8-7-9-15(17)16(14)12-19(18)22-24(4,5)6/h7-12,20H,13H2,1-6H3. The van der Waals surface area contributed by atoms with Gasteiger partial charge in [0.05, 0.1) is 0 Å². The zero-order valence-electron chi connectivity index (χ0n) is 15.5. The zero-order valence-corrected chi connectivity index (χ0v) is 17.5. The molecule has 2 aromatic carbocycles. The summed E-state index contributed by atoms with van der Waals surface area (Å²) in [5, 5.41) is 3.50. The highest BCUT2D eigenvalue weighted by Crippen LogP contribution is 2.42. The largest absolute Gasteiger partial charge is 0.542 e. The highest BCUT2D eigenvalue weighted by molar-refractivity contribution is 6.71. The molecular weight excluding hydrogens is 330 g/mol. The quantitative estimate of drug-likeness (QED) is 0.711. The van der Waals surface area contributed by atoms with Gasteiger partial charge in [-0.1, -0.05) is 18.2 Å². The van der Waals surface area contributed by atoms with Gasteiger partial charge in [-0.15, -0.1) is 0 Å². The third-order valence-electron chi connectivity index (χ3n) is 3.69. The molecule has 1 aliphatic heterocycles. The lowest BCUT2D eigenvalue weighted by Crippen LogP contribution is -2.32. The normalized spacial score (nSPS) is 13.6. The van der Waals surface area contributed by atoms with Crippen LogP contribution in [0, 0.1) is 0 Å². The lowest BCUT2D eigenvalue weighted by atomic mass is 9.94. The Morgan fingerprint density at radius 1 is 0.792 bits per heavy atom. The molecule has 0 fully saturated rings. The van der Waals surface area contributed by atoms with Crippen LogP contribution in [-0.4, -0.2) is 16.6 Å². The molecule has 0 saturated carbocycles. The molecule has 128 valence electrons. The summed E-state index contributed by atoms with van der Waals surface area (Å²) in [6, 6.07) is 12.8. The molecular formula is C19H27NO2Si2. The molecule has 0 bridgehead atoms. The predicted octanol–water partition coefficient (Wildman–Crippen LogP) is 5.71. The summed E-state index contributed by atoms with van der Waals surface area (Å²) in [6.45, 7) is 14.1. The third-order valence-corrected chi connectivity index (χ3v) is 5.35. The van der Waals surface area contributed by atoms with Gasteiger partial charge < -0.3 is 14.2 Å². The number of benzene rings is 2. The van der Waals surface area contributed by atoms with Crippen molar-refractivity contribution in [2.75, 3.05) is 5.32 Å². The molecule has 0 amide bonds. The Labute approximate surface area is 147 Å². The van der Waals surface area contributed by atoms with E-state index in [4.69, 9.17) is 8.85 Å². The van der Waals surface area contributed by atoms with Gasteiger partial charge in [0.1, 0.15) is 11.5 Å². The van der Waals surface area contributed by atoms with Crippen LogP contribution in [0.2, 0.25) is 39.3 Å². The Balaban J connectivity index is 2.12. The van der Waals surface area contributed by atoms with Crippen LogP contribution in [0.15, 0.2) is 36.4 Å². The summed E-state index contributed by atoms with van der Waals surface area (Å²) in [4.78, 5) is 0. The van der Waals surface area contributed by atoms with Crippen molar-refractivity contribution in [2.45, 2.75) is 45.8 Å². The fourth-order valence-corrected chi connectivity index (χ4v) is 4.52. The summed E-state index contributed by atoms with van der Waals surface area (Å²) >= 11 is 0. The van der Waals surface area contributed by atoms with Crippen molar-refractivity contribution in [3.8, 4) is 22.6 Å². The van der Waals surface area contributed by atoms with Gasteiger partial charge in [-0.05, 0) is 68.6 Å². The van der Waals surface area contributed by atoms with Crippen molar-refractivity contribution in [1.29, 1.82) is 0 Å². The molecule has 0 saturated heterocycles. The summed E-state index contributed by atoms with van der Waals surface area (Å²) in [6.07, 6.45) is 0. The third kappa shape index (κ3) is 3.84. The van der Waals surface area contributed by atoms with Crippen LogP contribution in [0.4, 0.5) is 5.69 Å². The van der Waals surface area contributed by atoms with E-state index < -0.39 is 16.6 Å². The van der Waals surface area contributed by atoms with Crippen molar-refractivity contribution >= 4 is 22.3 Å². The predicted molar refractivity (Wildman–Crippen MR) is 107 cm³/mol. The van der Waals surface area contributed by atoms with E-state index in [1.54, 1.807) is 0 Å². The number of nitrogens with one attached hydrogen (secondary N) is 1. The van der Waals surface area contributed by atoms with E-state index in [9.17, 15) is 0 Å². The van der Waals surface area contributed by atoms with E-state index >= 15 is 0 Å². The number of fused-ring (bicyclic) bond motifs is 3. The minimum absolute atomic E-state index is 0.821. The molecule has 0 spiro atoms. The monoisotopic (exact) mass is 357 g/mol. The second kappa shape index (κ2) is 5.97. The molecule has 3 rings (SSSR count). The average molecular weight is 358 g/mol. The van der Waals surface area contributed by atoms with Crippen molar-refractivity contribution in [2.24, 2.45) is 0 Å². The Morgan fingerprint density at radius 2 is 1.38 bits per heavy atom. The molecule has 0 aliphatic carbocycles. The van der Waals surface area contributed by atoms with Crippen LogP contribution < -0.4 is 14.2 Å². The maximum atomic E-state index is 6.38. The van der Waals surface area contributed by atoms with Crippen molar-refractivity contribution < 1.29 is 8.85 Å². The van der Waals surface area contributed by atoms with Crippen LogP contribution >= 0.6 is 0 Å². The molecule has 0 aromatic heterocycles. The van der Waals surface area contributed by atoms with Crippen LogP contribution in [0.25, 0.3) is 11.1 Å². The minimum Gasteiger partial charge on any atom is -0.542 e. The number of hydrogen-bond acceptors (Lipinski definition) is 3. The van der Waals surface area contributed by atoms with Gasteiger partial charge in [0.2, 0.25) is 16.6 Å². The minimum atomic E-state index is -1.72. The molecule has 24 heavy (non-hydrogen) atoms. The lowest BCUT2D eigenvalue weighted by Gasteiger charge is -2.29. The van der Waals surface area contributed by atoms with Crippen LogP contribution in [0.3, 0.4) is 0 Å². The molecule has 0 unspecified atom stereocenters. The van der Waals surface area contributed by atoms with Gasteiger partial charge in [-0.2, -0.15) is 0 Å². The average Bonchev–Trinajstić information content (AvgIpc) is 2.45. The number of rotatable bonds is 4. The zero-order chi connectivity index (χ0) is 17.5.